The number of fused-ring (bicyclic) bond motifs is 1. The number of benzene rings is 1. The lowest BCUT2D eigenvalue weighted by Crippen LogP contribution is -2.15. The molecule has 1 aromatic carbocycles. The number of carbonyl (C=O) groups is 1. The maximum atomic E-state index is 12.3. The number of thiazole rings is 1. The van der Waals surface area contributed by atoms with Gasteiger partial charge in [0.05, 0.1) is 13.2 Å². The second-order valence-corrected chi connectivity index (χ2v) is 6.30. The second-order valence-electron chi connectivity index (χ2n) is 5.29. The highest BCUT2D eigenvalue weighted by atomic mass is 32.1. The van der Waals surface area contributed by atoms with Gasteiger partial charge >= 0.3 is 0 Å². The van der Waals surface area contributed by atoms with Gasteiger partial charge in [0.25, 0.3) is 5.91 Å². The smallest absolute Gasteiger partial charge is 0.267 e. The highest BCUT2D eigenvalue weighted by molar-refractivity contribution is 7.18. The molecule has 1 N–H and O–H groups in total. The third-order valence-corrected chi connectivity index (χ3v) is 4.63. The van der Waals surface area contributed by atoms with Gasteiger partial charge in [0.1, 0.15) is 16.7 Å². The number of carbonyl (C=O) groups excluding carboxylic acids is 1. The number of nitrogens with zero attached hydrogens (tertiary/aromatic N) is 2. The molecule has 0 bridgehead atoms. The fraction of sp³-hybridized carbons (Fsp3) is 0.250. The SMILES string of the molecule is O=C(Nc1ccc(O[C@H]2CCOC2)cc1)c1cn2ccnc2s1. The Bertz CT molecular complexity index is 790. The molecule has 4 rings (SSSR count). The maximum Gasteiger partial charge on any atom is 0.267 e. The molecular formula is C16H15N3O3S. The molecule has 1 saturated heterocycles. The molecule has 3 heterocycles. The maximum absolute atomic E-state index is 12.3. The Morgan fingerprint density at radius 3 is 3.00 bits per heavy atom. The van der Waals surface area contributed by atoms with Crippen molar-refractivity contribution in [1.82, 2.24) is 9.38 Å². The molecule has 0 spiro atoms. The van der Waals surface area contributed by atoms with Crippen LogP contribution in [0.2, 0.25) is 0 Å². The molecule has 1 amide bonds. The zero-order chi connectivity index (χ0) is 15.6. The lowest BCUT2D eigenvalue weighted by Gasteiger charge is -2.12. The van der Waals surface area contributed by atoms with Gasteiger partial charge in [0, 0.05) is 30.7 Å². The van der Waals surface area contributed by atoms with E-state index >= 15 is 0 Å². The zero-order valence-electron chi connectivity index (χ0n) is 12.3. The van der Waals surface area contributed by atoms with Crippen molar-refractivity contribution in [3.8, 4) is 5.75 Å². The van der Waals surface area contributed by atoms with Crippen LogP contribution in [0.15, 0.2) is 42.9 Å². The van der Waals surface area contributed by atoms with Crippen LogP contribution in [0, 0.1) is 0 Å². The van der Waals surface area contributed by atoms with Crippen LogP contribution in [0.3, 0.4) is 0 Å². The zero-order valence-corrected chi connectivity index (χ0v) is 13.1. The summed E-state index contributed by atoms with van der Waals surface area (Å²) in [6, 6.07) is 7.38. The Labute approximate surface area is 136 Å². The van der Waals surface area contributed by atoms with E-state index in [4.69, 9.17) is 9.47 Å². The highest BCUT2D eigenvalue weighted by Crippen LogP contribution is 2.21. The standard InChI is InChI=1S/C16H15N3O3S/c20-15(14-9-19-7-6-17-16(19)23-14)18-11-1-3-12(4-2-11)22-13-5-8-21-10-13/h1-4,6-7,9,13H,5,8,10H2,(H,18,20)/t13-/m0/s1. The van der Waals surface area contributed by atoms with Gasteiger partial charge in [-0.1, -0.05) is 11.3 Å². The van der Waals surface area contributed by atoms with E-state index in [0.717, 1.165) is 29.4 Å². The molecule has 6 nitrogen and oxygen atoms in total. The summed E-state index contributed by atoms with van der Waals surface area (Å²) < 4.78 is 12.9. The monoisotopic (exact) mass is 329 g/mol. The first-order valence-electron chi connectivity index (χ1n) is 7.36. The molecule has 7 heteroatoms. The number of rotatable bonds is 4. The van der Waals surface area contributed by atoms with Gasteiger partial charge in [-0.25, -0.2) is 4.98 Å². The summed E-state index contributed by atoms with van der Waals surface area (Å²) in [6.45, 7) is 1.39. The average Bonchev–Trinajstić information content (AvgIpc) is 3.25. The van der Waals surface area contributed by atoms with Crippen LogP contribution in [0.1, 0.15) is 16.1 Å². The molecule has 118 valence electrons. The van der Waals surface area contributed by atoms with Crippen molar-refractivity contribution < 1.29 is 14.3 Å². The van der Waals surface area contributed by atoms with Gasteiger partial charge in [-0.3, -0.25) is 9.20 Å². The van der Waals surface area contributed by atoms with Crippen LogP contribution >= 0.6 is 11.3 Å². The first-order valence-corrected chi connectivity index (χ1v) is 8.18. The van der Waals surface area contributed by atoms with Crippen molar-refractivity contribution in [2.45, 2.75) is 12.5 Å². The number of hydrogen-bond donors (Lipinski definition) is 1. The van der Waals surface area contributed by atoms with E-state index in [2.05, 4.69) is 10.3 Å². The average molecular weight is 329 g/mol. The Balaban J connectivity index is 1.41. The Morgan fingerprint density at radius 1 is 1.39 bits per heavy atom. The minimum Gasteiger partial charge on any atom is -0.488 e. The van der Waals surface area contributed by atoms with Crippen molar-refractivity contribution >= 4 is 27.9 Å². The molecule has 0 saturated carbocycles. The van der Waals surface area contributed by atoms with E-state index in [9.17, 15) is 4.79 Å². The lowest BCUT2D eigenvalue weighted by atomic mass is 10.2. The molecule has 0 unspecified atom stereocenters. The number of hydrogen-bond acceptors (Lipinski definition) is 5. The van der Waals surface area contributed by atoms with Crippen molar-refractivity contribution in [1.29, 1.82) is 0 Å². The third-order valence-electron chi connectivity index (χ3n) is 3.62. The van der Waals surface area contributed by atoms with E-state index in [-0.39, 0.29) is 12.0 Å². The summed E-state index contributed by atoms with van der Waals surface area (Å²) in [5.41, 5.74) is 0.732. The fourth-order valence-electron chi connectivity index (χ4n) is 2.44. The van der Waals surface area contributed by atoms with E-state index in [1.54, 1.807) is 12.4 Å². The van der Waals surface area contributed by atoms with Crippen LogP contribution in [0.5, 0.6) is 5.75 Å². The number of amides is 1. The number of ether oxygens (including phenoxy) is 2. The van der Waals surface area contributed by atoms with E-state index in [1.807, 2.05) is 34.9 Å². The van der Waals surface area contributed by atoms with Crippen LogP contribution in [0.4, 0.5) is 5.69 Å². The van der Waals surface area contributed by atoms with E-state index < -0.39 is 0 Å². The van der Waals surface area contributed by atoms with Gasteiger partial charge < -0.3 is 14.8 Å². The summed E-state index contributed by atoms with van der Waals surface area (Å²) in [7, 11) is 0. The van der Waals surface area contributed by atoms with Gasteiger partial charge in [-0.2, -0.15) is 0 Å². The third kappa shape index (κ3) is 3.06. The van der Waals surface area contributed by atoms with Crippen molar-refractivity contribution in [2.24, 2.45) is 0 Å². The Hall–Kier alpha value is -2.38. The molecule has 23 heavy (non-hydrogen) atoms. The predicted octanol–water partition coefficient (Wildman–Crippen LogP) is 2.82. The molecule has 0 radical (unpaired) electrons. The number of imidazole rings is 1. The van der Waals surface area contributed by atoms with Crippen LogP contribution in [-0.4, -0.2) is 34.6 Å². The van der Waals surface area contributed by atoms with Gasteiger partial charge in [0.2, 0.25) is 0 Å². The van der Waals surface area contributed by atoms with Gasteiger partial charge in [0.15, 0.2) is 4.96 Å². The summed E-state index contributed by atoms with van der Waals surface area (Å²) in [5, 5.41) is 2.88. The molecule has 3 aromatic rings. The second kappa shape index (κ2) is 6.02. The van der Waals surface area contributed by atoms with Crippen molar-refractivity contribution in [3.05, 3.63) is 47.7 Å². The Morgan fingerprint density at radius 2 is 2.26 bits per heavy atom. The lowest BCUT2D eigenvalue weighted by molar-refractivity contribution is 0.103. The van der Waals surface area contributed by atoms with Crippen molar-refractivity contribution in [3.63, 3.8) is 0 Å². The van der Waals surface area contributed by atoms with Gasteiger partial charge in [-0.15, -0.1) is 0 Å². The summed E-state index contributed by atoms with van der Waals surface area (Å²) in [5.74, 6) is 0.645. The molecule has 1 atom stereocenters. The van der Waals surface area contributed by atoms with Crippen molar-refractivity contribution in [2.75, 3.05) is 18.5 Å². The largest absolute Gasteiger partial charge is 0.488 e. The molecule has 2 aromatic heterocycles. The summed E-state index contributed by atoms with van der Waals surface area (Å²) in [6.07, 6.45) is 6.35. The van der Waals surface area contributed by atoms with Gasteiger partial charge in [-0.05, 0) is 24.3 Å². The summed E-state index contributed by atoms with van der Waals surface area (Å²) >= 11 is 1.36. The fourth-order valence-corrected chi connectivity index (χ4v) is 3.28. The highest BCUT2D eigenvalue weighted by Gasteiger charge is 2.17. The predicted molar refractivity (Wildman–Crippen MR) is 87.3 cm³/mol. The minimum absolute atomic E-state index is 0.123. The topological polar surface area (TPSA) is 64.9 Å². The quantitative estimate of drug-likeness (QED) is 0.799. The van der Waals surface area contributed by atoms with E-state index in [0.29, 0.717) is 11.5 Å². The Kier molecular flexibility index (Phi) is 3.72. The number of aromatic nitrogens is 2. The molecule has 1 aliphatic heterocycles. The number of nitrogens with one attached hydrogen (secondary N) is 1. The molecule has 1 fully saturated rings. The first kappa shape index (κ1) is 14.2. The number of anilines is 1. The summed E-state index contributed by atoms with van der Waals surface area (Å²) in [4.78, 5) is 17.8. The van der Waals surface area contributed by atoms with Crippen LogP contribution < -0.4 is 10.1 Å². The first-order chi connectivity index (χ1) is 11.3. The molecule has 0 aliphatic carbocycles. The van der Waals surface area contributed by atoms with Crippen LogP contribution in [0.25, 0.3) is 4.96 Å². The normalized spacial score (nSPS) is 17.5. The molecular weight excluding hydrogens is 314 g/mol. The minimum atomic E-state index is -0.140. The van der Waals surface area contributed by atoms with Crippen LogP contribution in [-0.2, 0) is 4.74 Å². The molecule has 1 aliphatic rings. The van der Waals surface area contributed by atoms with E-state index in [1.165, 1.54) is 11.3 Å².